The first kappa shape index (κ1) is 22.0. The zero-order valence-electron chi connectivity index (χ0n) is 18.2. The van der Waals surface area contributed by atoms with Crippen LogP contribution in [0.1, 0.15) is 27.3 Å². The lowest BCUT2D eigenvalue weighted by Gasteiger charge is -2.28. The maximum Gasteiger partial charge on any atom is 0.338 e. The number of rotatable bonds is 5. The number of nitrogens with two attached hydrogens (primary N) is 1. The number of anilines is 1. The fraction of sp³-hybridized carbons (Fsp3) is 0.160. The number of ether oxygens (including phenoxy) is 1. The smallest absolute Gasteiger partial charge is 0.338 e. The van der Waals surface area contributed by atoms with Crippen LogP contribution < -0.4 is 5.73 Å². The monoisotopic (exact) mass is 474 g/mol. The van der Waals surface area contributed by atoms with E-state index in [0.29, 0.717) is 30.8 Å². The van der Waals surface area contributed by atoms with Gasteiger partial charge in [0, 0.05) is 18.5 Å². The number of para-hydroxylation sites is 1. The standard InChI is InChI=1S/C25H22N4O4S/c26-24-21-10-3-4-11-22(21)27-23(28-24)16-33-25(30)18-8-5-9-20(14-18)34(31,32)29-13-12-17-6-1-2-7-19(17)15-29/h1-11,14H,12-13,15-16H2,(H2,26,27,28). The summed E-state index contributed by atoms with van der Waals surface area (Å²) in [4.78, 5) is 21.3. The first-order valence-corrected chi connectivity index (χ1v) is 12.2. The molecule has 1 aromatic heterocycles. The number of hydrogen-bond donors (Lipinski definition) is 1. The van der Waals surface area contributed by atoms with Gasteiger partial charge in [0.15, 0.2) is 12.4 Å². The minimum Gasteiger partial charge on any atom is -0.454 e. The van der Waals surface area contributed by atoms with Crippen LogP contribution in [0.4, 0.5) is 5.82 Å². The molecule has 0 unspecified atom stereocenters. The van der Waals surface area contributed by atoms with Crippen LogP contribution in [0.25, 0.3) is 10.9 Å². The molecule has 3 aromatic carbocycles. The van der Waals surface area contributed by atoms with Crippen molar-refractivity contribution in [1.82, 2.24) is 14.3 Å². The molecule has 0 spiro atoms. The molecule has 4 aromatic rings. The molecule has 0 saturated heterocycles. The highest BCUT2D eigenvalue weighted by atomic mass is 32.2. The van der Waals surface area contributed by atoms with Crippen molar-refractivity contribution in [3.63, 3.8) is 0 Å². The van der Waals surface area contributed by atoms with Crippen molar-refractivity contribution in [3.8, 4) is 0 Å². The molecule has 2 N–H and O–H groups in total. The second-order valence-electron chi connectivity index (χ2n) is 8.00. The third-order valence-corrected chi connectivity index (χ3v) is 7.66. The molecule has 0 amide bonds. The van der Waals surface area contributed by atoms with E-state index in [9.17, 15) is 13.2 Å². The predicted octanol–water partition coefficient (Wildman–Crippen LogP) is 3.32. The Hall–Kier alpha value is -3.82. The average molecular weight is 475 g/mol. The number of fused-ring (bicyclic) bond motifs is 2. The number of hydrogen-bond acceptors (Lipinski definition) is 7. The van der Waals surface area contributed by atoms with Crippen LogP contribution >= 0.6 is 0 Å². The Balaban J connectivity index is 1.32. The molecular formula is C25H22N4O4S. The van der Waals surface area contributed by atoms with E-state index in [1.807, 2.05) is 42.5 Å². The number of sulfonamides is 1. The molecule has 0 aliphatic carbocycles. The summed E-state index contributed by atoms with van der Waals surface area (Å²) in [6.45, 7) is 0.496. The summed E-state index contributed by atoms with van der Waals surface area (Å²) >= 11 is 0. The van der Waals surface area contributed by atoms with Gasteiger partial charge in [0.1, 0.15) is 5.82 Å². The zero-order valence-corrected chi connectivity index (χ0v) is 19.0. The minimum atomic E-state index is -3.77. The normalized spacial score (nSPS) is 14.0. The Labute approximate surface area is 197 Å². The molecule has 0 bridgehead atoms. The van der Waals surface area contributed by atoms with E-state index in [0.717, 1.165) is 16.5 Å². The highest BCUT2D eigenvalue weighted by molar-refractivity contribution is 7.89. The predicted molar refractivity (Wildman–Crippen MR) is 127 cm³/mol. The SMILES string of the molecule is Nc1nc(COC(=O)c2cccc(S(=O)(=O)N3CCc4ccccc4C3)c2)nc2ccccc12. The summed E-state index contributed by atoms with van der Waals surface area (Å²) < 4.78 is 33.3. The van der Waals surface area contributed by atoms with Gasteiger partial charge in [-0.2, -0.15) is 4.31 Å². The Kier molecular flexibility index (Phi) is 5.72. The molecule has 8 nitrogen and oxygen atoms in total. The van der Waals surface area contributed by atoms with Crippen molar-refractivity contribution in [1.29, 1.82) is 0 Å². The quantitative estimate of drug-likeness (QED) is 0.441. The Morgan fingerprint density at radius 3 is 2.59 bits per heavy atom. The topological polar surface area (TPSA) is 115 Å². The van der Waals surface area contributed by atoms with Crippen molar-refractivity contribution in [2.75, 3.05) is 12.3 Å². The van der Waals surface area contributed by atoms with Crippen LogP contribution in [0.3, 0.4) is 0 Å². The van der Waals surface area contributed by atoms with Gasteiger partial charge in [0.25, 0.3) is 0 Å². The molecule has 9 heteroatoms. The number of esters is 1. The molecule has 2 heterocycles. The van der Waals surface area contributed by atoms with Gasteiger partial charge < -0.3 is 10.5 Å². The van der Waals surface area contributed by atoms with Crippen molar-refractivity contribution in [2.45, 2.75) is 24.5 Å². The van der Waals surface area contributed by atoms with Crippen molar-refractivity contribution < 1.29 is 17.9 Å². The molecule has 1 aliphatic rings. The van der Waals surface area contributed by atoms with Crippen LogP contribution in [0.15, 0.2) is 77.7 Å². The summed E-state index contributed by atoms with van der Waals surface area (Å²) in [6.07, 6.45) is 0.645. The average Bonchev–Trinajstić information content (AvgIpc) is 2.87. The first-order valence-electron chi connectivity index (χ1n) is 10.8. The van der Waals surface area contributed by atoms with Gasteiger partial charge in [0.2, 0.25) is 10.0 Å². The summed E-state index contributed by atoms with van der Waals surface area (Å²) in [7, 11) is -3.77. The summed E-state index contributed by atoms with van der Waals surface area (Å²) in [5.41, 5.74) is 8.91. The number of carbonyl (C=O) groups excluding carboxylic acids is 1. The minimum absolute atomic E-state index is 0.0486. The van der Waals surface area contributed by atoms with Gasteiger partial charge in [-0.3, -0.25) is 0 Å². The molecule has 34 heavy (non-hydrogen) atoms. The molecule has 5 rings (SSSR count). The van der Waals surface area contributed by atoms with Crippen LogP contribution in [0.5, 0.6) is 0 Å². The van der Waals surface area contributed by atoms with Crippen molar-refractivity contribution in [2.24, 2.45) is 0 Å². The number of nitrogens with zero attached hydrogens (tertiary/aromatic N) is 3. The third kappa shape index (κ3) is 4.23. The van der Waals surface area contributed by atoms with E-state index in [-0.39, 0.29) is 22.9 Å². The summed E-state index contributed by atoms with van der Waals surface area (Å²) in [6, 6.07) is 21.0. The van der Waals surface area contributed by atoms with E-state index < -0.39 is 16.0 Å². The van der Waals surface area contributed by atoms with Gasteiger partial charge in [-0.25, -0.2) is 23.2 Å². The molecule has 0 saturated carbocycles. The molecular weight excluding hydrogens is 452 g/mol. The maximum atomic E-state index is 13.3. The van der Waals surface area contributed by atoms with Gasteiger partial charge in [-0.15, -0.1) is 0 Å². The second-order valence-corrected chi connectivity index (χ2v) is 9.94. The van der Waals surface area contributed by atoms with Gasteiger partial charge >= 0.3 is 5.97 Å². The van der Waals surface area contributed by atoms with Crippen LogP contribution in [-0.2, 0) is 34.3 Å². The second kappa shape index (κ2) is 8.85. The molecule has 0 radical (unpaired) electrons. The zero-order chi connectivity index (χ0) is 23.7. The third-order valence-electron chi connectivity index (χ3n) is 5.81. The maximum absolute atomic E-state index is 13.3. The number of nitrogen functional groups attached to an aromatic ring is 1. The van der Waals surface area contributed by atoms with Crippen molar-refractivity contribution >= 4 is 32.7 Å². The Morgan fingerprint density at radius 1 is 0.971 bits per heavy atom. The lowest BCUT2D eigenvalue weighted by atomic mass is 10.0. The van der Waals surface area contributed by atoms with Gasteiger partial charge in [0.05, 0.1) is 16.0 Å². The largest absolute Gasteiger partial charge is 0.454 e. The Bertz CT molecular complexity index is 1500. The van der Waals surface area contributed by atoms with Crippen molar-refractivity contribution in [3.05, 3.63) is 95.3 Å². The first-order chi connectivity index (χ1) is 16.4. The van der Waals surface area contributed by atoms with E-state index >= 15 is 0 Å². The molecule has 0 fully saturated rings. The molecule has 0 atom stereocenters. The number of carbonyl (C=O) groups is 1. The van der Waals surface area contributed by atoms with Crippen LogP contribution in [0, 0.1) is 0 Å². The van der Waals surface area contributed by atoms with E-state index in [1.54, 1.807) is 6.07 Å². The van der Waals surface area contributed by atoms with Crippen LogP contribution in [-0.4, -0.2) is 35.2 Å². The van der Waals surface area contributed by atoms with E-state index in [1.165, 1.54) is 28.6 Å². The fourth-order valence-electron chi connectivity index (χ4n) is 4.04. The van der Waals surface area contributed by atoms with E-state index in [2.05, 4.69) is 9.97 Å². The van der Waals surface area contributed by atoms with Gasteiger partial charge in [-0.1, -0.05) is 42.5 Å². The highest BCUT2D eigenvalue weighted by Gasteiger charge is 2.28. The highest BCUT2D eigenvalue weighted by Crippen LogP contribution is 2.25. The fourth-order valence-corrected chi connectivity index (χ4v) is 5.50. The lowest BCUT2D eigenvalue weighted by Crippen LogP contribution is -2.36. The molecule has 1 aliphatic heterocycles. The lowest BCUT2D eigenvalue weighted by molar-refractivity contribution is 0.0462. The molecule has 172 valence electrons. The summed E-state index contributed by atoms with van der Waals surface area (Å²) in [5.74, 6) is -0.107. The summed E-state index contributed by atoms with van der Waals surface area (Å²) in [5, 5.41) is 0.718. The van der Waals surface area contributed by atoms with Gasteiger partial charge in [-0.05, 0) is 47.9 Å². The van der Waals surface area contributed by atoms with Crippen LogP contribution in [0.2, 0.25) is 0 Å². The van der Waals surface area contributed by atoms with E-state index in [4.69, 9.17) is 10.5 Å². The Morgan fingerprint density at radius 2 is 1.74 bits per heavy atom. The number of benzene rings is 3. The number of aromatic nitrogens is 2.